The van der Waals surface area contributed by atoms with Crippen molar-refractivity contribution in [2.24, 2.45) is 0 Å². The van der Waals surface area contributed by atoms with E-state index in [-0.39, 0.29) is 11.3 Å². The van der Waals surface area contributed by atoms with Crippen molar-refractivity contribution in [3.63, 3.8) is 0 Å². The highest BCUT2D eigenvalue weighted by Crippen LogP contribution is 2.29. The van der Waals surface area contributed by atoms with E-state index in [9.17, 15) is 15.2 Å². The number of nitro groups is 1. The molecule has 4 aromatic rings. The molecular formula is C20H16N4O4. The maximum absolute atomic E-state index is 11.0. The monoisotopic (exact) mass is 376 g/mol. The summed E-state index contributed by atoms with van der Waals surface area (Å²) in [5, 5.41) is 30.3. The average Bonchev–Trinajstić information content (AvgIpc) is 3.13. The third kappa shape index (κ3) is 3.40. The van der Waals surface area contributed by atoms with Gasteiger partial charge in [-0.1, -0.05) is 30.3 Å². The van der Waals surface area contributed by atoms with Gasteiger partial charge in [-0.2, -0.15) is 0 Å². The Hall–Kier alpha value is -3.78. The lowest BCUT2D eigenvalue weighted by atomic mass is 10.2. The van der Waals surface area contributed by atoms with Crippen LogP contribution in [0.25, 0.3) is 16.7 Å². The van der Waals surface area contributed by atoms with Gasteiger partial charge >= 0.3 is 0 Å². The number of non-ortho nitro benzene ring substituents is 1. The van der Waals surface area contributed by atoms with Crippen LogP contribution in [0, 0.1) is 17.0 Å². The largest absolute Gasteiger partial charge is 0.458 e. The number of nitrogens with zero attached hydrogens (tertiary/aromatic N) is 4. The molecule has 0 saturated heterocycles. The quantitative estimate of drug-likeness (QED) is 0.324. The molecule has 1 N–H and O–H groups in total. The molecular weight excluding hydrogens is 360 g/mol. The minimum Gasteiger partial charge on any atom is -0.458 e. The molecule has 0 aliphatic rings. The molecule has 8 heteroatoms. The number of hydrogen-bond donors (Lipinski definition) is 1. The molecule has 28 heavy (non-hydrogen) atoms. The Morgan fingerprint density at radius 2 is 1.75 bits per heavy atom. The summed E-state index contributed by atoms with van der Waals surface area (Å²) in [6.45, 7) is 1.92. The smallest absolute Gasteiger partial charge is 0.269 e. The topological polar surface area (TPSA) is 103 Å². The number of nitro benzene ring substituents is 1. The third-order valence-corrected chi connectivity index (χ3v) is 4.22. The van der Waals surface area contributed by atoms with Crippen LogP contribution in [-0.2, 0) is 0 Å². The van der Waals surface area contributed by atoms with Gasteiger partial charge in [0.15, 0.2) is 5.75 Å². The van der Waals surface area contributed by atoms with E-state index in [2.05, 4.69) is 10.2 Å². The maximum atomic E-state index is 11.0. The second-order valence-corrected chi connectivity index (χ2v) is 6.27. The van der Waals surface area contributed by atoms with Crippen LogP contribution in [0.15, 0.2) is 66.7 Å². The lowest BCUT2D eigenvalue weighted by Crippen LogP contribution is -2.10. The maximum Gasteiger partial charge on any atom is 0.269 e. The van der Waals surface area contributed by atoms with E-state index in [1.165, 1.54) is 23.0 Å². The molecule has 1 heterocycles. The van der Waals surface area contributed by atoms with Crippen molar-refractivity contribution in [3.8, 4) is 11.4 Å². The van der Waals surface area contributed by atoms with Gasteiger partial charge in [0.05, 0.1) is 4.92 Å². The van der Waals surface area contributed by atoms with E-state index in [1.807, 2.05) is 43.3 Å². The van der Waals surface area contributed by atoms with Crippen molar-refractivity contribution in [3.05, 3.63) is 88.0 Å². The molecule has 0 fully saturated rings. The van der Waals surface area contributed by atoms with E-state index in [1.54, 1.807) is 12.1 Å². The van der Waals surface area contributed by atoms with E-state index < -0.39 is 11.2 Å². The number of aromatic nitrogens is 3. The van der Waals surface area contributed by atoms with Crippen molar-refractivity contribution < 1.29 is 14.8 Å². The summed E-state index contributed by atoms with van der Waals surface area (Å²) in [6, 6.07) is 18.5. The van der Waals surface area contributed by atoms with E-state index in [4.69, 9.17) is 4.74 Å². The summed E-state index contributed by atoms with van der Waals surface area (Å²) in [5.74, 6) is 0.352. The second kappa shape index (κ2) is 7.09. The minimum absolute atomic E-state index is 0.121. The lowest BCUT2D eigenvalue weighted by Gasteiger charge is -2.16. The van der Waals surface area contributed by atoms with Gasteiger partial charge in [0, 0.05) is 17.7 Å². The Morgan fingerprint density at radius 1 is 1.04 bits per heavy atom. The number of hydrogen-bond acceptors (Lipinski definition) is 6. The van der Waals surface area contributed by atoms with Gasteiger partial charge < -0.3 is 9.84 Å². The molecule has 1 aromatic heterocycles. The van der Waals surface area contributed by atoms with Crippen molar-refractivity contribution >= 4 is 16.7 Å². The predicted octanol–water partition coefficient (Wildman–Crippen LogP) is 3.71. The van der Waals surface area contributed by atoms with Crippen LogP contribution in [0.3, 0.4) is 0 Å². The van der Waals surface area contributed by atoms with Gasteiger partial charge in [0.1, 0.15) is 16.7 Å². The molecule has 0 aliphatic carbocycles. The van der Waals surface area contributed by atoms with Gasteiger partial charge in [-0.15, -0.1) is 15.0 Å². The third-order valence-electron chi connectivity index (χ3n) is 4.22. The number of aryl methyl sites for hydroxylation is 1. The summed E-state index contributed by atoms with van der Waals surface area (Å²) in [5.41, 5.74) is 3.14. The fourth-order valence-electron chi connectivity index (χ4n) is 2.83. The van der Waals surface area contributed by atoms with Crippen LogP contribution in [0.4, 0.5) is 5.69 Å². The molecule has 0 spiro atoms. The number of aliphatic hydroxyl groups is 1. The molecule has 0 saturated carbocycles. The average molecular weight is 376 g/mol. The van der Waals surface area contributed by atoms with Crippen LogP contribution < -0.4 is 4.74 Å². The molecule has 0 radical (unpaired) electrons. The standard InChI is InChI=1S/C20H16N4O4/c1-13-9-10-19(28-20(25)14-5-4-6-15(12-14)24(26)27)18(11-13)23-21-16-7-2-3-8-17(16)22-23/h2-12,20,25H,1H3/t20-/m1/s1. The molecule has 0 aliphatic heterocycles. The molecule has 0 amide bonds. The molecule has 0 bridgehead atoms. The van der Waals surface area contributed by atoms with Crippen molar-refractivity contribution in [1.82, 2.24) is 15.0 Å². The van der Waals surface area contributed by atoms with Gasteiger partial charge in [0.2, 0.25) is 6.29 Å². The molecule has 140 valence electrons. The summed E-state index contributed by atoms with van der Waals surface area (Å²) in [7, 11) is 0. The van der Waals surface area contributed by atoms with Gasteiger partial charge in [-0.3, -0.25) is 10.1 Å². The first-order valence-electron chi connectivity index (χ1n) is 8.53. The van der Waals surface area contributed by atoms with Crippen molar-refractivity contribution in [2.45, 2.75) is 13.2 Å². The second-order valence-electron chi connectivity index (χ2n) is 6.27. The zero-order chi connectivity index (χ0) is 19.7. The fraction of sp³-hybridized carbons (Fsp3) is 0.100. The first kappa shape index (κ1) is 17.6. The summed E-state index contributed by atoms with van der Waals surface area (Å²) in [4.78, 5) is 11.9. The zero-order valence-corrected chi connectivity index (χ0v) is 14.9. The number of aliphatic hydroxyl groups excluding tert-OH is 1. The van der Waals surface area contributed by atoms with Crippen LogP contribution in [0.1, 0.15) is 17.4 Å². The molecule has 8 nitrogen and oxygen atoms in total. The van der Waals surface area contributed by atoms with Crippen molar-refractivity contribution in [2.75, 3.05) is 0 Å². The Bertz CT molecular complexity index is 1140. The highest BCUT2D eigenvalue weighted by atomic mass is 16.6. The van der Waals surface area contributed by atoms with E-state index in [0.717, 1.165) is 16.6 Å². The predicted molar refractivity (Wildman–Crippen MR) is 102 cm³/mol. The number of rotatable bonds is 5. The molecule has 4 rings (SSSR count). The number of benzene rings is 3. The Labute approximate surface area is 159 Å². The Balaban J connectivity index is 1.70. The fourth-order valence-corrected chi connectivity index (χ4v) is 2.83. The number of ether oxygens (including phenoxy) is 1. The van der Waals surface area contributed by atoms with Gasteiger partial charge in [-0.05, 0) is 36.8 Å². The normalized spacial score (nSPS) is 12.1. The summed E-state index contributed by atoms with van der Waals surface area (Å²) in [6.07, 6.45) is -1.38. The Morgan fingerprint density at radius 3 is 2.43 bits per heavy atom. The molecule has 1 atom stereocenters. The van der Waals surface area contributed by atoms with Gasteiger partial charge in [-0.25, -0.2) is 0 Å². The zero-order valence-electron chi connectivity index (χ0n) is 14.9. The summed E-state index contributed by atoms with van der Waals surface area (Å²) >= 11 is 0. The Kier molecular flexibility index (Phi) is 4.46. The van der Waals surface area contributed by atoms with Crippen LogP contribution in [-0.4, -0.2) is 25.0 Å². The van der Waals surface area contributed by atoms with Crippen LogP contribution >= 0.6 is 0 Å². The SMILES string of the molecule is Cc1ccc(O[C@@H](O)c2cccc([N+](=O)[O-])c2)c(-n2nc3ccccc3n2)c1. The van der Waals surface area contributed by atoms with E-state index >= 15 is 0 Å². The van der Waals surface area contributed by atoms with E-state index in [0.29, 0.717) is 11.4 Å². The lowest BCUT2D eigenvalue weighted by molar-refractivity contribution is -0.385. The van der Waals surface area contributed by atoms with Gasteiger partial charge in [0.25, 0.3) is 5.69 Å². The highest BCUT2D eigenvalue weighted by molar-refractivity contribution is 5.73. The molecule has 3 aromatic carbocycles. The highest BCUT2D eigenvalue weighted by Gasteiger charge is 2.17. The van der Waals surface area contributed by atoms with Crippen molar-refractivity contribution in [1.29, 1.82) is 0 Å². The van der Waals surface area contributed by atoms with Crippen LogP contribution in [0.2, 0.25) is 0 Å². The first-order chi connectivity index (χ1) is 13.5. The number of fused-ring (bicyclic) bond motifs is 1. The first-order valence-corrected chi connectivity index (χ1v) is 8.53. The summed E-state index contributed by atoms with van der Waals surface area (Å²) < 4.78 is 5.70. The molecule has 0 unspecified atom stereocenters. The van der Waals surface area contributed by atoms with Crippen LogP contribution in [0.5, 0.6) is 5.75 Å². The minimum atomic E-state index is -1.38.